The molecular formula is C15H23N3O3. The number of benzene rings is 1. The molecule has 0 bridgehead atoms. The summed E-state index contributed by atoms with van der Waals surface area (Å²) in [5, 5.41) is 8.87. The highest BCUT2D eigenvalue weighted by Crippen LogP contribution is 2.15. The standard InChI is InChI=1S/C15H23N3O3/c1-11(14(19)20)10-12-4-6-13(7-5-12)21-9-3-2-8-18-15(16)17/h4-7,11H,2-3,8-10H2,1H3,(H,19,20)(H4,16,17,18). The maximum atomic E-state index is 10.8. The van der Waals surface area contributed by atoms with E-state index < -0.39 is 5.97 Å². The quantitative estimate of drug-likeness (QED) is 0.362. The fourth-order valence-corrected chi connectivity index (χ4v) is 1.77. The summed E-state index contributed by atoms with van der Waals surface area (Å²) in [6.07, 6.45) is 2.26. The average Bonchev–Trinajstić information content (AvgIpc) is 2.44. The Hall–Kier alpha value is -2.24. The number of rotatable bonds is 9. The summed E-state index contributed by atoms with van der Waals surface area (Å²) >= 11 is 0. The Balaban J connectivity index is 2.28. The van der Waals surface area contributed by atoms with Crippen molar-refractivity contribution in [2.24, 2.45) is 22.4 Å². The Morgan fingerprint density at radius 2 is 1.95 bits per heavy atom. The van der Waals surface area contributed by atoms with Gasteiger partial charge in [-0.25, -0.2) is 0 Å². The van der Waals surface area contributed by atoms with Crippen molar-refractivity contribution in [3.63, 3.8) is 0 Å². The molecule has 1 rings (SSSR count). The molecular weight excluding hydrogens is 270 g/mol. The van der Waals surface area contributed by atoms with Gasteiger partial charge in [-0.15, -0.1) is 0 Å². The molecule has 1 aromatic rings. The monoisotopic (exact) mass is 293 g/mol. The van der Waals surface area contributed by atoms with Crippen LogP contribution in [0.4, 0.5) is 0 Å². The van der Waals surface area contributed by atoms with Crippen molar-refractivity contribution >= 4 is 11.9 Å². The number of carboxylic acids is 1. The van der Waals surface area contributed by atoms with Gasteiger partial charge in [0.2, 0.25) is 0 Å². The average molecular weight is 293 g/mol. The Labute approximate surface area is 124 Å². The van der Waals surface area contributed by atoms with Crippen molar-refractivity contribution in [1.82, 2.24) is 0 Å². The number of aliphatic carboxylic acids is 1. The van der Waals surface area contributed by atoms with E-state index in [1.807, 2.05) is 24.3 Å². The molecule has 0 aliphatic heterocycles. The van der Waals surface area contributed by atoms with Crippen LogP contribution in [0.5, 0.6) is 5.75 Å². The molecule has 1 atom stereocenters. The summed E-state index contributed by atoms with van der Waals surface area (Å²) in [5.41, 5.74) is 11.4. The second kappa shape index (κ2) is 8.84. The lowest BCUT2D eigenvalue weighted by Gasteiger charge is -2.08. The smallest absolute Gasteiger partial charge is 0.306 e. The van der Waals surface area contributed by atoms with Gasteiger partial charge in [-0.2, -0.15) is 0 Å². The molecule has 0 radical (unpaired) electrons. The van der Waals surface area contributed by atoms with Gasteiger partial charge in [-0.1, -0.05) is 19.1 Å². The van der Waals surface area contributed by atoms with E-state index in [2.05, 4.69) is 4.99 Å². The lowest BCUT2D eigenvalue weighted by Crippen LogP contribution is -2.23. The Morgan fingerprint density at radius 3 is 2.52 bits per heavy atom. The molecule has 6 heteroatoms. The molecule has 0 amide bonds. The maximum absolute atomic E-state index is 10.8. The maximum Gasteiger partial charge on any atom is 0.306 e. The predicted molar refractivity (Wildman–Crippen MR) is 82.4 cm³/mol. The zero-order chi connectivity index (χ0) is 15.7. The second-order valence-electron chi connectivity index (χ2n) is 4.95. The summed E-state index contributed by atoms with van der Waals surface area (Å²) in [6.45, 7) is 2.91. The highest BCUT2D eigenvalue weighted by atomic mass is 16.5. The van der Waals surface area contributed by atoms with Gasteiger partial charge in [-0.3, -0.25) is 9.79 Å². The lowest BCUT2D eigenvalue weighted by molar-refractivity contribution is -0.141. The van der Waals surface area contributed by atoms with Gasteiger partial charge >= 0.3 is 5.97 Å². The first-order valence-electron chi connectivity index (χ1n) is 6.99. The van der Waals surface area contributed by atoms with Crippen molar-refractivity contribution < 1.29 is 14.6 Å². The molecule has 0 saturated heterocycles. The van der Waals surface area contributed by atoms with Gasteiger partial charge in [0.05, 0.1) is 12.5 Å². The van der Waals surface area contributed by atoms with Crippen LogP contribution in [-0.2, 0) is 11.2 Å². The van der Waals surface area contributed by atoms with E-state index in [0.717, 1.165) is 24.2 Å². The third kappa shape index (κ3) is 7.20. The Kier molecular flexibility index (Phi) is 7.08. The van der Waals surface area contributed by atoms with Crippen LogP contribution in [0.3, 0.4) is 0 Å². The van der Waals surface area contributed by atoms with E-state index in [1.165, 1.54) is 0 Å². The van der Waals surface area contributed by atoms with Gasteiger partial charge in [0.1, 0.15) is 5.75 Å². The van der Waals surface area contributed by atoms with Crippen LogP contribution in [0.1, 0.15) is 25.3 Å². The van der Waals surface area contributed by atoms with Crippen LogP contribution in [-0.4, -0.2) is 30.2 Å². The van der Waals surface area contributed by atoms with E-state index in [0.29, 0.717) is 19.6 Å². The van der Waals surface area contributed by atoms with E-state index >= 15 is 0 Å². The lowest BCUT2D eigenvalue weighted by atomic mass is 10.0. The molecule has 1 unspecified atom stereocenters. The van der Waals surface area contributed by atoms with Gasteiger partial charge in [0.15, 0.2) is 5.96 Å². The van der Waals surface area contributed by atoms with Crippen LogP contribution in [0, 0.1) is 5.92 Å². The molecule has 5 N–H and O–H groups in total. The zero-order valence-electron chi connectivity index (χ0n) is 12.3. The minimum absolute atomic E-state index is 0.113. The van der Waals surface area contributed by atoms with Gasteiger partial charge in [0.25, 0.3) is 0 Å². The zero-order valence-corrected chi connectivity index (χ0v) is 12.3. The van der Waals surface area contributed by atoms with Crippen molar-refractivity contribution in [2.75, 3.05) is 13.2 Å². The SMILES string of the molecule is CC(Cc1ccc(OCCCCN=C(N)N)cc1)C(=O)O. The van der Waals surface area contributed by atoms with E-state index in [1.54, 1.807) is 6.92 Å². The number of unbranched alkanes of at least 4 members (excludes halogenated alkanes) is 1. The number of aliphatic imine (C=N–C) groups is 1. The van der Waals surface area contributed by atoms with Crippen molar-refractivity contribution in [3.05, 3.63) is 29.8 Å². The molecule has 0 aliphatic rings. The first kappa shape index (κ1) is 16.8. The molecule has 0 saturated carbocycles. The number of nitrogens with two attached hydrogens (primary N) is 2. The highest BCUT2D eigenvalue weighted by Gasteiger charge is 2.11. The van der Waals surface area contributed by atoms with Gasteiger partial charge in [-0.05, 0) is 37.0 Å². The van der Waals surface area contributed by atoms with Crippen molar-refractivity contribution in [2.45, 2.75) is 26.2 Å². The summed E-state index contributed by atoms with van der Waals surface area (Å²) in [4.78, 5) is 14.7. The van der Waals surface area contributed by atoms with Crippen LogP contribution >= 0.6 is 0 Å². The fraction of sp³-hybridized carbons (Fsp3) is 0.467. The van der Waals surface area contributed by atoms with Crippen LogP contribution < -0.4 is 16.2 Å². The number of carboxylic acid groups (broad SMARTS) is 1. The highest BCUT2D eigenvalue weighted by molar-refractivity contribution is 5.75. The molecule has 0 heterocycles. The van der Waals surface area contributed by atoms with Crippen LogP contribution in [0.25, 0.3) is 0 Å². The largest absolute Gasteiger partial charge is 0.494 e. The number of hydrogen-bond acceptors (Lipinski definition) is 3. The minimum atomic E-state index is -0.781. The normalized spacial score (nSPS) is 11.7. The molecule has 21 heavy (non-hydrogen) atoms. The summed E-state index contributed by atoms with van der Waals surface area (Å²) in [6, 6.07) is 7.52. The molecule has 6 nitrogen and oxygen atoms in total. The first-order valence-corrected chi connectivity index (χ1v) is 6.99. The second-order valence-corrected chi connectivity index (χ2v) is 4.95. The van der Waals surface area contributed by atoms with Crippen molar-refractivity contribution in [3.8, 4) is 5.75 Å². The molecule has 116 valence electrons. The van der Waals surface area contributed by atoms with Crippen LogP contribution in [0.2, 0.25) is 0 Å². The van der Waals surface area contributed by atoms with Crippen LogP contribution in [0.15, 0.2) is 29.3 Å². The molecule has 0 aliphatic carbocycles. The topological polar surface area (TPSA) is 111 Å². The third-order valence-electron chi connectivity index (χ3n) is 3.00. The molecule has 0 spiro atoms. The number of guanidine groups is 1. The number of nitrogens with zero attached hydrogens (tertiary/aromatic N) is 1. The van der Waals surface area contributed by atoms with E-state index in [4.69, 9.17) is 21.3 Å². The van der Waals surface area contributed by atoms with Crippen molar-refractivity contribution in [1.29, 1.82) is 0 Å². The van der Waals surface area contributed by atoms with Gasteiger partial charge in [0, 0.05) is 6.54 Å². The number of carbonyl (C=O) groups is 1. The fourth-order valence-electron chi connectivity index (χ4n) is 1.77. The van der Waals surface area contributed by atoms with E-state index in [9.17, 15) is 4.79 Å². The predicted octanol–water partition coefficient (Wildman–Crippen LogP) is 1.38. The molecule has 0 fully saturated rings. The molecule has 1 aromatic carbocycles. The van der Waals surface area contributed by atoms with E-state index in [-0.39, 0.29) is 11.9 Å². The summed E-state index contributed by atoms with van der Waals surface area (Å²) in [5.74, 6) is -0.269. The summed E-state index contributed by atoms with van der Waals surface area (Å²) < 4.78 is 5.59. The first-order chi connectivity index (χ1) is 9.99. The number of hydrogen-bond donors (Lipinski definition) is 3. The summed E-state index contributed by atoms with van der Waals surface area (Å²) in [7, 11) is 0. The molecule has 0 aromatic heterocycles. The third-order valence-corrected chi connectivity index (χ3v) is 3.00. The minimum Gasteiger partial charge on any atom is -0.494 e. The van der Waals surface area contributed by atoms with Gasteiger partial charge < -0.3 is 21.3 Å². The Bertz CT molecular complexity index is 468. The Morgan fingerprint density at radius 1 is 1.29 bits per heavy atom. The number of ether oxygens (including phenoxy) is 1.